The first-order valence-electron chi connectivity index (χ1n) is 6.81. The van der Waals surface area contributed by atoms with Crippen molar-refractivity contribution in [3.05, 3.63) is 0 Å². The molecule has 2 unspecified atom stereocenters. The molecule has 1 amide bonds. The molecule has 0 spiro atoms. The molecule has 0 aromatic rings. The fourth-order valence-corrected chi connectivity index (χ4v) is 2.63. The van der Waals surface area contributed by atoms with Crippen molar-refractivity contribution in [2.45, 2.75) is 33.2 Å². The molecule has 0 radical (unpaired) electrons. The minimum absolute atomic E-state index is 0. The van der Waals surface area contributed by atoms with Crippen LogP contribution in [0, 0.1) is 5.92 Å². The monoisotopic (exact) mass is 277 g/mol. The van der Waals surface area contributed by atoms with Gasteiger partial charge in [0.25, 0.3) is 0 Å². The van der Waals surface area contributed by atoms with Crippen molar-refractivity contribution in [2.75, 3.05) is 39.8 Å². The van der Waals surface area contributed by atoms with Crippen molar-refractivity contribution in [1.82, 2.24) is 15.1 Å². The quantitative estimate of drug-likeness (QED) is 0.793. The standard InChI is InChI=1S/C13H27N3O.ClH/c1-5-15(6-2)13(17)11(3)16-8-7-12(10-16)9-14-4;/h11-12,14H,5-10H2,1-4H3;1H. The summed E-state index contributed by atoms with van der Waals surface area (Å²) >= 11 is 0. The van der Waals surface area contributed by atoms with E-state index in [1.807, 2.05) is 32.7 Å². The second-order valence-electron chi connectivity index (χ2n) is 4.89. The number of carbonyl (C=O) groups excluding carboxylic acids is 1. The Hall–Kier alpha value is -0.320. The molecule has 1 N–H and O–H groups in total. The van der Waals surface area contributed by atoms with Crippen LogP contribution in [-0.4, -0.2) is 61.5 Å². The molecule has 18 heavy (non-hydrogen) atoms. The van der Waals surface area contributed by atoms with E-state index in [1.165, 1.54) is 6.42 Å². The van der Waals surface area contributed by atoms with Gasteiger partial charge in [0.1, 0.15) is 0 Å². The highest BCUT2D eigenvalue weighted by atomic mass is 35.5. The average Bonchev–Trinajstić information content (AvgIpc) is 2.78. The zero-order valence-electron chi connectivity index (χ0n) is 12.1. The third kappa shape index (κ3) is 4.41. The average molecular weight is 278 g/mol. The number of nitrogens with zero attached hydrogens (tertiary/aromatic N) is 2. The maximum atomic E-state index is 12.2. The maximum absolute atomic E-state index is 12.2. The Morgan fingerprint density at radius 2 is 2.06 bits per heavy atom. The van der Waals surface area contributed by atoms with Crippen molar-refractivity contribution >= 4 is 18.3 Å². The van der Waals surface area contributed by atoms with Gasteiger partial charge in [0.05, 0.1) is 6.04 Å². The molecule has 1 heterocycles. The lowest BCUT2D eigenvalue weighted by atomic mass is 10.1. The van der Waals surface area contributed by atoms with E-state index in [-0.39, 0.29) is 24.4 Å². The minimum atomic E-state index is 0. The molecule has 0 aromatic carbocycles. The molecule has 1 aliphatic heterocycles. The Bertz CT molecular complexity index is 246. The Morgan fingerprint density at radius 3 is 2.56 bits per heavy atom. The lowest BCUT2D eigenvalue weighted by Gasteiger charge is -2.29. The van der Waals surface area contributed by atoms with Gasteiger partial charge >= 0.3 is 0 Å². The first kappa shape index (κ1) is 17.7. The maximum Gasteiger partial charge on any atom is 0.239 e. The van der Waals surface area contributed by atoms with Crippen molar-refractivity contribution < 1.29 is 4.79 Å². The highest BCUT2D eigenvalue weighted by molar-refractivity contribution is 5.85. The second kappa shape index (κ2) is 8.73. The molecular formula is C13H28ClN3O. The molecule has 0 saturated carbocycles. The van der Waals surface area contributed by atoms with Crippen LogP contribution in [-0.2, 0) is 4.79 Å². The van der Waals surface area contributed by atoms with Gasteiger partial charge in [-0.2, -0.15) is 0 Å². The third-order valence-electron chi connectivity index (χ3n) is 3.79. The van der Waals surface area contributed by atoms with Gasteiger partial charge in [-0.15, -0.1) is 12.4 Å². The topological polar surface area (TPSA) is 35.6 Å². The number of carbonyl (C=O) groups is 1. The van der Waals surface area contributed by atoms with E-state index in [0.29, 0.717) is 5.92 Å². The Morgan fingerprint density at radius 1 is 1.44 bits per heavy atom. The smallest absolute Gasteiger partial charge is 0.239 e. The minimum Gasteiger partial charge on any atom is -0.342 e. The van der Waals surface area contributed by atoms with E-state index in [4.69, 9.17) is 0 Å². The van der Waals surface area contributed by atoms with Crippen LogP contribution >= 0.6 is 12.4 Å². The molecule has 5 heteroatoms. The van der Waals surface area contributed by atoms with E-state index < -0.39 is 0 Å². The third-order valence-corrected chi connectivity index (χ3v) is 3.79. The molecule has 1 aliphatic rings. The van der Waals surface area contributed by atoms with E-state index >= 15 is 0 Å². The molecular weight excluding hydrogens is 250 g/mol. The van der Waals surface area contributed by atoms with E-state index in [2.05, 4.69) is 10.2 Å². The summed E-state index contributed by atoms with van der Waals surface area (Å²) in [4.78, 5) is 16.5. The number of halogens is 1. The fourth-order valence-electron chi connectivity index (χ4n) is 2.63. The summed E-state index contributed by atoms with van der Waals surface area (Å²) in [7, 11) is 1.99. The predicted octanol–water partition coefficient (Wildman–Crippen LogP) is 1.21. The normalized spacial score (nSPS) is 21.4. The van der Waals surface area contributed by atoms with Crippen molar-refractivity contribution in [3.8, 4) is 0 Å². The van der Waals surface area contributed by atoms with Crippen molar-refractivity contribution in [1.29, 1.82) is 0 Å². The van der Waals surface area contributed by atoms with Crippen LogP contribution in [0.25, 0.3) is 0 Å². The Labute approximate surface area is 117 Å². The van der Waals surface area contributed by atoms with Crippen LogP contribution in [0.3, 0.4) is 0 Å². The summed E-state index contributed by atoms with van der Waals surface area (Å²) in [6.45, 7) is 10.9. The van der Waals surface area contributed by atoms with E-state index in [1.54, 1.807) is 0 Å². The van der Waals surface area contributed by atoms with Gasteiger partial charge in [-0.05, 0) is 53.2 Å². The highest BCUT2D eigenvalue weighted by Crippen LogP contribution is 2.18. The zero-order chi connectivity index (χ0) is 12.8. The largest absolute Gasteiger partial charge is 0.342 e. The molecule has 108 valence electrons. The van der Waals surface area contributed by atoms with E-state index in [9.17, 15) is 4.79 Å². The lowest BCUT2D eigenvalue weighted by molar-refractivity contribution is -0.135. The Kier molecular flexibility index (Phi) is 8.57. The van der Waals surface area contributed by atoms with Gasteiger partial charge in [0.15, 0.2) is 0 Å². The number of hydrogen-bond donors (Lipinski definition) is 1. The summed E-state index contributed by atoms with van der Waals surface area (Å²) in [6, 6.07) is 0.0387. The molecule has 2 atom stereocenters. The van der Waals surface area contributed by atoms with Crippen molar-refractivity contribution in [3.63, 3.8) is 0 Å². The number of likely N-dealkylation sites (tertiary alicyclic amines) is 1. The van der Waals surface area contributed by atoms with E-state index in [0.717, 1.165) is 32.7 Å². The van der Waals surface area contributed by atoms with Crippen LogP contribution in [0.15, 0.2) is 0 Å². The SMILES string of the molecule is CCN(CC)C(=O)C(C)N1CCC(CNC)C1.Cl. The molecule has 0 aromatic heterocycles. The van der Waals surface area contributed by atoms with Crippen LogP contribution in [0.2, 0.25) is 0 Å². The second-order valence-corrected chi connectivity index (χ2v) is 4.89. The highest BCUT2D eigenvalue weighted by Gasteiger charge is 2.30. The molecule has 4 nitrogen and oxygen atoms in total. The summed E-state index contributed by atoms with van der Waals surface area (Å²) in [5.41, 5.74) is 0. The summed E-state index contributed by atoms with van der Waals surface area (Å²) in [5.74, 6) is 0.979. The lowest BCUT2D eigenvalue weighted by Crippen LogP contribution is -2.46. The van der Waals surface area contributed by atoms with Gasteiger partial charge < -0.3 is 10.2 Å². The number of hydrogen-bond acceptors (Lipinski definition) is 3. The number of rotatable bonds is 6. The van der Waals surface area contributed by atoms with Gasteiger partial charge in [0, 0.05) is 19.6 Å². The molecule has 1 rings (SSSR count). The van der Waals surface area contributed by atoms with Gasteiger partial charge in [0.2, 0.25) is 5.91 Å². The van der Waals surface area contributed by atoms with Crippen molar-refractivity contribution in [2.24, 2.45) is 5.92 Å². The molecule has 0 bridgehead atoms. The van der Waals surface area contributed by atoms with Crippen LogP contribution < -0.4 is 5.32 Å². The summed E-state index contributed by atoms with van der Waals surface area (Å²) in [6.07, 6.45) is 1.21. The number of amides is 1. The zero-order valence-corrected chi connectivity index (χ0v) is 12.9. The predicted molar refractivity (Wildman–Crippen MR) is 78.2 cm³/mol. The summed E-state index contributed by atoms with van der Waals surface area (Å²) in [5, 5.41) is 3.22. The fraction of sp³-hybridized carbons (Fsp3) is 0.923. The first-order chi connectivity index (χ1) is 8.13. The Balaban J connectivity index is 0.00000289. The first-order valence-corrected chi connectivity index (χ1v) is 6.81. The molecule has 1 saturated heterocycles. The number of nitrogens with one attached hydrogen (secondary N) is 1. The number of likely N-dealkylation sites (N-methyl/N-ethyl adjacent to an activating group) is 1. The van der Waals surface area contributed by atoms with Crippen LogP contribution in [0.1, 0.15) is 27.2 Å². The molecule has 1 fully saturated rings. The van der Waals surface area contributed by atoms with Crippen LogP contribution in [0.5, 0.6) is 0 Å². The van der Waals surface area contributed by atoms with Gasteiger partial charge in [-0.3, -0.25) is 9.69 Å². The van der Waals surface area contributed by atoms with Crippen LogP contribution in [0.4, 0.5) is 0 Å². The van der Waals surface area contributed by atoms with Gasteiger partial charge in [-0.25, -0.2) is 0 Å². The van der Waals surface area contributed by atoms with Gasteiger partial charge in [-0.1, -0.05) is 0 Å². The summed E-state index contributed by atoms with van der Waals surface area (Å²) < 4.78 is 0. The molecule has 0 aliphatic carbocycles.